The van der Waals surface area contributed by atoms with Gasteiger partial charge >= 0.3 is 0 Å². The van der Waals surface area contributed by atoms with Gasteiger partial charge in [-0.05, 0) is 25.1 Å². The van der Waals surface area contributed by atoms with Crippen LogP contribution in [0, 0.1) is 11.3 Å². The van der Waals surface area contributed by atoms with Crippen LogP contribution in [0.3, 0.4) is 0 Å². The molecule has 4 heterocycles. The van der Waals surface area contributed by atoms with Crippen molar-refractivity contribution in [1.82, 2.24) is 24.4 Å². The second-order valence-corrected chi connectivity index (χ2v) is 8.59. The van der Waals surface area contributed by atoms with E-state index >= 15 is 0 Å². The smallest absolute Gasteiger partial charge is 0.259 e. The molecule has 1 fully saturated rings. The number of hydrogen-bond acceptors (Lipinski definition) is 7. The second kappa shape index (κ2) is 9.85. The number of nitrogens with zero attached hydrogens (tertiary/aromatic N) is 7. The van der Waals surface area contributed by atoms with Crippen molar-refractivity contribution in [2.45, 2.75) is 6.92 Å². The van der Waals surface area contributed by atoms with E-state index in [-0.39, 0.29) is 18.4 Å². The van der Waals surface area contributed by atoms with Gasteiger partial charge in [0.05, 0.1) is 23.5 Å². The lowest BCUT2D eigenvalue weighted by molar-refractivity contribution is -0.130. The number of anilines is 1. The quantitative estimate of drug-likeness (QED) is 0.504. The summed E-state index contributed by atoms with van der Waals surface area (Å²) in [6.07, 6.45) is 4.90. The number of carbonyl (C=O) groups is 2. The third-order valence-electron chi connectivity index (χ3n) is 5.88. The Kier molecular flexibility index (Phi) is 6.68. The molecule has 3 aromatic rings. The summed E-state index contributed by atoms with van der Waals surface area (Å²) in [5.41, 5.74) is 3.13. The lowest BCUT2D eigenvalue weighted by Crippen LogP contribution is -2.49. The first-order valence-electron chi connectivity index (χ1n) is 11.2. The zero-order chi connectivity index (χ0) is 25.1. The van der Waals surface area contributed by atoms with Gasteiger partial charge in [0.25, 0.3) is 5.91 Å². The minimum Gasteiger partial charge on any atom is -0.482 e. The van der Waals surface area contributed by atoms with Gasteiger partial charge in [0, 0.05) is 63.2 Å². The van der Waals surface area contributed by atoms with Crippen LogP contribution in [0.5, 0.6) is 5.75 Å². The zero-order valence-electron chi connectivity index (χ0n) is 20.1. The first-order valence-corrected chi connectivity index (χ1v) is 11.2. The van der Waals surface area contributed by atoms with Crippen LogP contribution in [0.25, 0.3) is 16.6 Å². The van der Waals surface area contributed by atoms with Crippen LogP contribution < -0.4 is 9.64 Å². The molecular formula is C25H27N7O3. The van der Waals surface area contributed by atoms with Gasteiger partial charge in [-0.2, -0.15) is 10.4 Å². The molecule has 1 aliphatic rings. The minimum absolute atomic E-state index is 0.0135. The number of fused-ring (bicyclic) bond motifs is 1. The molecule has 10 nitrogen and oxygen atoms in total. The Morgan fingerprint density at radius 3 is 2.54 bits per heavy atom. The van der Waals surface area contributed by atoms with Crippen molar-refractivity contribution in [3.8, 4) is 22.9 Å². The highest BCUT2D eigenvalue weighted by molar-refractivity contribution is 5.92. The molecule has 0 aliphatic carbocycles. The summed E-state index contributed by atoms with van der Waals surface area (Å²) in [6.45, 7) is 7.94. The van der Waals surface area contributed by atoms with Crippen molar-refractivity contribution in [3.05, 3.63) is 54.5 Å². The molecule has 0 spiro atoms. The molecule has 1 aliphatic heterocycles. The van der Waals surface area contributed by atoms with E-state index in [1.807, 2.05) is 12.1 Å². The number of likely N-dealkylation sites (N-methyl/N-ethyl adjacent to an activating group) is 1. The van der Waals surface area contributed by atoms with Gasteiger partial charge in [-0.15, -0.1) is 0 Å². The summed E-state index contributed by atoms with van der Waals surface area (Å²) in [7, 11) is 3.33. The summed E-state index contributed by atoms with van der Waals surface area (Å²) in [5.74, 6) is 1.09. The summed E-state index contributed by atoms with van der Waals surface area (Å²) in [6, 6.07) is 7.83. The summed E-state index contributed by atoms with van der Waals surface area (Å²) in [4.78, 5) is 34.2. The average Bonchev–Trinajstić information content (AvgIpc) is 3.29. The molecule has 0 aromatic carbocycles. The van der Waals surface area contributed by atoms with Gasteiger partial charge < -0.3 is 19.4 Å². The van der Waals surface area contributed by atoms with Crippen LogP contribution in [-0.4, -0.2) is 83.1 Å². The van der Waals surface area contributed by atoms with Gasteiger partial charge in [0.2, 0.25) is 5.91 Å². The van der Waals surface area contributed by atoms with Crippen LogP contribution in [-0.2, 0) is 9.59 Å². The molecule has 0 N–H and O–H groups in total. The van der Waals surface area contributed by atoms with Crippen LogP contribution in [0.15, 0.2) is 48.9 Å². The summed E-state index contributed by atoms with van der Waals surface area (Å²) in [5, 5.41) is 13.8. The molecule has 2 amide bonds. The highest BCUT2D eigenvalue weighted by Crippen LogP contribution is 2.31. The number of amides is 2. The number of ether oxygens (including phenoxy) is 1. The minimum atomic E-state index is -0.166. The fourth-order valence-corrected chi connectivity index (χ4v) is 3.89. The van der Waals surface area contributed by atoms with Gasteiger partial charge in [0.1, 0.15) is 17.6 Å². The third kappa shape index (κ3) is 4.94. The van der Waals surface area contributed by atoms with E-state index in [1.54, 1.807) is 48.9 Å². The zero-order valence-corrected chi connectivity index (χ0v) is 20.1. The topological polar surface area (TPSA) is 107 Å². The molecule has 0 saturated carbocycles. The lowest BCUT2D eigenvalue weighted by Gasteiger charge is -2.35. The molecule has 35 heavy (non-hydrogen) atoms. The Bertz CT molecular complexity index is 1310. The van der Waals surface area contributed by atoms with Crippen LogP contribution in [0.4, 0.5) is 5.82 Å². The normalized spacial score (nSPS) is 13.4. The first-order chi connectivity index (χ1) is 16.8. The van der Waals surface area contributed by atoms with E-state index in [2.05, 4.69) is 27.6 Å². The molecule has 0 radical (unpaired) electrons. The standard InChI is InChI=1S/C25H27N7O3/c1-17(2)25(34)31-9-7-30(8-10-31)22-6-5-18(13-27-22)21-11-20(35-16-23(33)29(3)4)15-32-24(21)19(12-26)14-28-32/h5-6,11,13-15H,1,7-10,16H2,2-4H3. The predicted molar refractivity (Wildman–Crippen MR) is 131 cm³/mol. The molecule has 180 valence electrons. The Hall–Kier alpha value is -4.39. The fourth-order valence-electron chi connectivity index (χ4n) is 3.89. The number of hydrogen-bond donors (Lipinski definition) is 0. The Morgan fingerprint density at radius 2 is 1.94 bits per heavy atom. The van der Waals surface area contributed by atoms with E-state index in [9.17, 15) is 14.9 Å². The first kappa shape index (κ1) is 23.8. The summed E-state index contributed by atoms with van der Waals surface area (Å²) < 4.78 is 7.28. The molecule has 10 heteroatoms. The molecule has 1 saturated heterocycles. The monoisotopic (exact) mass is 473 g/mol. The van der Waals surface area contributed by atoms with Crippen molar-refractivity contribution in [2.75, 3.05) is 51.8 Å². The maximum absolute atomic E-state index is 12.2. The molecule has 3 aromatic heterocycles. The third-order valence-corrected chi connectivity index (χ3v) is 5.88. The van der Waals surface area contributed by atoms with E-state index < -0.39 is 0 Å². The van der Waals surface area contributed by atoms with Gasteiger partial charge in [-0.1, -0.05) is 6.58 Å². The number of aromatic nitrogens is 3. The highest BCUT2D eigenvalue weighted by Gasteiger charge is 2.22. The van der Waals surface area contributed by atoms with E-state index in [4.69, 9.17) is 4.74 Å². The summed E-state index contributed by atoms with van der Waals surface area (Å²) >= 11 is 0. The van der Waals surface area contributed by atoms with E-state index in [0.717, 1.165) is 16.9 Å². The number of piperazine rings is 1. The number of nitriles is 1. The van der Waals surface area contributed by atoms with Crippen molar-refractivity contribution in [1.29, 1.82) is 5.26 Å². The SMILES string of the molecule is C=C(C)C(=O)N1CCN(c2ccc(-c3cc(OCC(=O)N(C)C)cn4ncc(C#N)c34)cn2)CC1. The maximum atomic E-state index is 12.2. The Labute approximate surface area is 203 Å². The molecule has 0 unspecified atom stereocenters. The van der Waals surface area contributed by atoms with Gasteiger partial charge in [0.15, 0.2) is 6.61 Å². The number of carbonyl (C=O) groups excluding carboxylic acids is 2. The second-order valence-electron chi connectivity index (χ2n) is 8.59. The average molecular weight is 474 g/mol. The largest absolute Gasteiger partial charge is 0.482 e. The Balaban J connectivity index is 1.58. The van der Waals surface area contributed by atoms with E-state index in [0.29, 0.717) is 48.6 Å². The molecule has 0 bridgehead atoms. The van der Waals surface area contributed by atoms with E-state index in [1.165, 1.54) is 11.1 Å². The van der Waals surface area contributed by atoms with Crippen LogP contribution in [0.2, 0.25) is 0 Å². The number of rotatable bonds is 6. The van der Waals surface area contributed by atoms with Crippen molar-refractivity contribution < 1.29 is 14.3 Å². The molecule has 4 rings (SSSR count). The molecular weight excluding hydrogens is 446 g/mol. The van der Waals surface area contributed by atoms with Gasteiger partial charge in [-0.25, -0.2) is 9.50 Å². The van der Waals surface area contributed by atoms with Crippen molar-refractivity contribution >= 4 is 23.1 Å². The van der Waals surface area contributed by atoms with Crippen LogP contribution >= 0.6 is 0 Å². The van der Waals surface area contributed by atoms with Crippen molar-refractivity contribution in [2.24, 2.45) is 0 Å². The lowest BCUT2D eigenvalue weighted by atomic mass is 10.1. The highest BCUT2D eigenvalue weighted by atomic mass is 16.5. The number of pyridine rings is 2. The molecule has 0 atom stereocenters. The fraction of sp³-hybridized carbons (Fsp3) is 0.320. The predicted octanol–water partition coefficient (Wildman–Crippen LogP) is 1.96. The maximum Gasteiger partial charge on any atom is 0.259 e. The van der Waals surface area contributed by atoms with Crippen molar-refractivity contribution in [3.63, 3.8) is 0 Å². The van der Waals surface area contributed by atoms with Crippen LogP contribution in [0.1, 0.15) is 12.5 Å². The van der Waals surface area contributed by atoms with Gasteiger partial charge in [-0.3, -0.25) is 9.59 Å². The Morgan fingerprint density at radius 1 is 1.20 bits per heavy atom.